The van der Waals surface area contributed by atoms with E-state index in [1.165, 1.54) is 28.9 Å². The van der Waals surface area contributed by atoms with Gasteiger partial charge in [0.05, 0.1) is 5.69 Å². The highest BCUT2D eigenvalue weighted by atomic mass is 15.4. The maximum atomic E-state index is 5.93. The molecular weight excluding hydrogens is 248 g/mol. The van der Waals surface area contributed by atoms with E-state index in [1.54, 1.807) is 0 Å². The zero-order chi connectivity index (χ0) is 14.1. The molecule has 0 saturated carbocycles. The van der Waals surface area contributed by atoms with Crippen LogP contribution in [-0.2, 0) is 26.6 Å². The van der Waals surface area contributed by atoms with Crippen LogP contribution in [0.1, 0.15) is 28.8 Å². The molecule has 0 spiro atoms. The van der Waals surface area contributed by atoms with Gasteiger partial charge in [0.2, 0.25) is 0 Å². The third-order valence-corrected chi connectivity index (χ3v) is 4.17. The fraction of sp³-hybridized carbons (Fsp3) is 0.438. The van der Waals surface area contributed by atoms with E-state index in [-0.39, 0.29) is 0 Å². The van der Waals surface area contributed by atoms with Gasteiger partial charge in [0.25, 0.3) is 0 Å². The minimum Gasteiger partial charge on any atom is -0.352 e. The molecule has 2 aromatic rings. The van der Waals surface area contributed by atoms with Gasteiger partial charge in [-0.1, -0.05) is 24.3 Å². The highest BCUT2D eigenvalue weighted by molar-refractivity contribution is 5.51. The van der Waals surface area contributed by atoms with E-state index in [0.29, 0.717) is 6.54 Å². The third kappa shape index (κ3) is 2.20. The quantitative estimate of drug-likeness (QED) is 0.909. The first-order chi connectivity index (χ1) is 9.70. The number of hydrogen-bond acceptors (Lipinski definition) is 3. The van der Waals surface area contributed by atoms with E-state index in [4.69, 9.17) is 5.73 Å². The SMILES string of the molecule is Cc1nn(C)c(N2CCCc3ccccc3C2)c1CN. The molecule has 106 valence electrons. The Bertz CT molecular complexity index is 615. The standard InChI is InChI=1S/C16H22N4/c1-12-15(10-17)16(19(2)18-12)20-9-5-8-13-6-3-4-7-14(13)11-20/h3-4,6-7H,5,8-11,17H2,1-2H3. The number of anilines is 1. The minimum atomic E-state index is 0.549. The van der Waals surface area contributed by atoms with Crippen LogP contribution >= 0.6 is 0 Å². The molecule has 3 rings (SSSR count). The molecule has 0 atom stereocenters. The number of rotatable bonds is 2. The topological polar surface area (TPSA) is 47.1 Å². The molecule has 0 saturated heterocycles. The van der Waals surface area contributed by atoms with Crippen molar-refractivity contribution in [1.29, 1.82) is 0 Å². The molecule has 1 aliphatic heterocycles. The molecule has 4 nitrogen and oxygen atoms in total. The summed E-state index contributed by atoms with van der Waals surface area (Å²) in [6.45, 7) is 4.59. The maximum absolute atomic E-state index is 5.93. The highest BCUT2D eigenvalue weighted by Gasteiger charge is 2.21. The van der Waals surface area contributed by atoms with Crippen molar-refractivity contribution in [2.75, 3.05) is 11.4 Å². The van der Waals surface area contributed by atoms with Crippen LogP contribution in [0.25, 0.3) is 0 Å². The summed E-state index contributed by atoms with van der Waals surface area (Å²) in [5.74, 6) is 1.18. The number of benzene rings is 1. The second kappa shape index (κ2) is 5.29. The Morgan fingerprint density at radius 2 is 2.00 bits per heavy atom. The first-order valence-electron chi connectivity index (χ1n) is 7.25. The first-order valence-corrected chi connectivity index (χ1v) is 7.25. The molecule has 1 aromatic heterocycles. The van der Waals surface area contributed by atoms with Crippen LogP contribution in [-0.4, -0.2) is 16.3 Å². The smallest absolute Gasteiger partial charge is 0.131 e. The predicted molar refractivity (Wildman–Crippen MR) is 81.6 cm³/mol. The molecule has 0 amide bonds. The Balaban J connectivity index is 1.99. The largest absolute Gasteiger partial charge is 0.352 e. The lowest BCUT2D eigenvalue weighted by atomic mass is 10.0. The number of hydrogen-bond donors (Lipinski definition) is 1. The summed E-state index contributed by atoms with van der Waals surface area (Å²) in [5.41, 5.74) is 11.0. The number of nitrogens with two attached hydrogens (primary N) is 1. The van der Waals surface area contributed by atoms with Crippen LogP contribution in [0.3, 0.4) is 0 Å². The van der Waals surface area contributed by atoms with E-state index < -0.39 is 0 Å². The molecule has 2 heterocycles. The predicted octanol–water partition coefficient (Wildman–Crippen LogP) is 2.14. The lowest BCUT2D eigenvalue weighted by Gasteiger charge is -2.24. The van der Waals surface area contributed by atoms with Gasteiger partial charge in [-0.3, -0.25) is 4.68 Å². The van der Waals surface area contributed by atoms with Crippen LogP contribution in [0.15, 0.2) is 24.3 Å². The Morgan fingerprint density at radius 3 is 2.75 bits per heavy atom. The summed E-state index contributed by atoms with van der Waals surface area (Å²) >= 11 is 0. The number of fused-ring (bicyclic) bond motifs is 1. The lowest BCUT2D eigenvalue weighted by Crippen LogP contribution is -2.26. The molecule has 0 aliphatic carbocycles. The van der Waals surface area contributed by atoms with Crippen molar-refractivity contribution in [3.05, 3.63) is 46.6 Å². The lowest BCUT2D eigenvalue weighted by molar-refractivity contribution is 0.685. The average Bonchev–Trinajstić information content (AvgIpc) is 2.62. The van der Waals surface area contributed by atoms with Gasteiger partial charge >= 0.3 is 0 Å². The van der Waals surface area contributed by atoms with E-state index in [1.807, 2.05) is 18.7 Å². The van der Waals surface area contributed by atoms with Gasteiger partial charge in [-0.2, -0.15) is 5.10 Å². The minimum absolute atomic E-state index is 0.549. The van der Waals surface area contributed by atoms with Gasteiger partial charge in [-0.05, 0) is 30.9 Å². The van der Waals surface area contributed by atoms with E-state index in [9.17, 15) is 0 Å². The molecular formula is C16H22N4. The fourth-order valence-corrected chi connectivity index (χ4v) is 3.21. The summed E-state index contributed by atoms with van der Waals surface area (Å²) < 4.78 is 1.98. The van der Waals surface area contributed by atoms with Crippen molar-refractivity contribution >= 4 is 5.82 Å². The van der Waals surface area contributed by atoms with E-state index in [0.717, 1.165) is 25.2 Å². The molecule has 0 fully saturated rings. The van der Waals surface area contributed by atoms with Crippen LogP contribution in [0.5, 0.6) is 0 Å². The Kier molecular flexibility index (Phi) is 3.49. The summed E-state index contributed by atoms with van der Waals surface area (Å²) in [6, 6.07) is 8.74. The van der Waals surface area contributed by atoms with Crippen molar-refractivity contribution in [3.63, 3.8) is 0 Å². The van der Waals surface area contributed by atoms with Gasteiger partial charge in [0.15, 0.2) is 0 Å². The monoisotopic (exact) mass is 270 g/mol. The van der Waals surface area contributed by atoms with Crippen molar-refractivity contribution in [2.24, 2.45) is 12.8 Å². The van der Waals surface area contributed by atoms with Gasteiger partial charge < -0.3 is 10.6 Å². The normalized spacial score (nSPS) is 15.1. The molecule has 2 N–H and O–H groups in total. The Hall–Kier alpha value is -1.81. The van der Waals surface area contributed by atoms with Gasteiger partial charge in [-0.25, -0.2) is 0 Å². The zero-order valence-corrected chi connectivity index (χ0v) is 12.3. The van der Waals surface area contributed by atoms with Crippen molar-refractivity contribution in [2.45, 2.75) is 32.9 Å². The van der Waals surface area contributed by atoms with Crippen LogP contribution in [0, 0.1) is 6.92 Å². The zero-order valence-electron chi connectivity index (χ0n) is 12.3. The van der Waals surface area contributed by atoms with Crippen LogP contribution in [0.2, 0.25) is 0 Å². The summed E-state index contributed by atoms with van der Waals surface area (Å²) in [5, 5.41) is 4.54. The molecule has 1 aliphatic rings. The maximum Gasteiger partial charge on any atom is 0.131 e. The fourth-order valence-electron chi connectivity index (χ4n) is 3.21. The van der Waals surface area contributed by atoms with Gasteiger partial charge in [0, 0.05) is 32.2 Å². The third-order valence-electron chi connectivity index (χ3n) is 4.17. The number of aryl methyl sites for hydroxylation is 3. The molecule has 1 aromatic carbocycles. The summed E-state index contributed by atoms with van der Waals surface area (Å²) in [6.07, 6.45) is 2.33. The summed E-state index contributed by atoms with van der Waals surface area (Å²) in [4.78, 5) is 2.42. The number of nitrogens with zero attached hydrogens (tertiary/aromatic N) is 3. The van der Waals surface area contributed by atoms with Crippen molar-refractivity contribution < 1.29 is 0 Å². The van der Waals surface area contributed by atoms with Crippen LogP contribution < -0.4 is 10.6 Å². The molecule has 0 radical (unpaired) electrons. The Labute approximate surface area is 120 Å². The van der Waals surface area contributed by atoms with E-state index >= 15 is 0 Å². The van der Waals surface area contributed by atoms with E-state index in [2.05, 4.69) is 34.3 Å². The summed E-state index contributed by atoms with van der Waals surface area (Å²) in [7, 11) is 2.01. The first kappa shape index (κ1) is 13.2. The highest BCUT2D eigenvalue weighted by Crippen LogP contribution is 2.27. The van der Waals surface area contributed by atoms with Crippen LogP contribution in [0.4, 0.5) is 5.82 Å². The molecule has 0 bridgehead atoms. The molecule has 20 heavy (non-hydrogen) atoms. The molecule has 4 heteroatoms. The number of aromatic nitrogens is 2. The Morgan fingerprint density at radius 1 is 1.25 bits per heavy atom. The second-order valence-corrected chi connectivity index (χ2v) is 5.51. The second-order valence-electron chi connectivity index (χ2n) is 5.51. The van der Waals surface area contributed by atoms with Gasteiger partial charge in [0.1, 0.15) is 5.82 Å². The van der Waals surface area contributed by atoms with Gasteiger partial charge in [-0.15, -0.1) is 0 Å². The van der Waals surface area contributed by atoms with Crippen molar-refractivity contribution in [1.82, 2.24) is 9.78 Å². The average molecular weight is 270 g/mol. The molecule has 0 unspecified atom stereocenters. The van der Waals surface area contributed by atoms with Crippen molar-refractivity contribution in [3.8, 4) is 0 Å².